The summed E-state index contributed by atoms with van der Waals surface area (Å²) in [5.41, 5.74) is 3.50. The van der Waals surface area contributed by atoms with Crippen molar-refractivity contribution in [3.63, 3.8) is 0 Å². The monoisotopic (exact) mass is 396 g/mol. The normalized spacial score (nSPS) is 10.9. The molecule has 27 heavy (non-hydrogen) atoms. The lowest BCUT2D eigenvalue weighted by Gasteiger charge is -2.06. The molecule has 0 bridgehead atoms. The third-order valence-electron chi connectivity index (χ3n) is 4.06. The highest BCUT2D eigenvalue weighted by molar-refractivity contribution is 6.37. The number of hydrogen-bond acceptors (Lipinski definition) is 3. The maximum absolute atomic E-state index is 12.2. The van der Waals surface area contributed by atoms with Gasteiger partial charge in [0.1, 0.15) is 5.52 Å². The fourth-order valence-corrected chi connectivity index (χ4v) is 3.28. The minimum atomic E-state index is -0.145. The molecule has 6 heteroatoms. The van der Waals surface area contributed by atoms with E-state index in [0.29, 0.717) is 39.0 Å². The Morgan fingerprint density at radius 2 is 1.74 bits per heavy atom. The predicted octanol–water partition coefficient (Wildman–Crippen LogP) is 5.98. The Morgan fingerprint density at radius 1 is 1.00 bits per heavy atom. The molecule has 0 aliphatic carbocycles. The van der Waals surface area contributed by atoms with Gasteiger partial charge in [0.25, 0.3) is 5.91 Å². The van der Waals surface area contributed by atoms with Crippen LogP contribution in [0.15, 0.2) is 71.1 Å². The van der Waals surface area contributed by atoms with Gasteiger partial charge in [-0.05, 0) is 42.0 Å². The van der Waals surface area contributed by atoms with Crippen LogP contribution in [0.25, 0.3) is 11.1 Å². The number of carbonyl (C=O) groups excluding carboxylic acids is 1. The summed E-state index contributed by atoms with van der Waals surface area (Å²) in [6.45, 7) is 0. The maximum atomic E-state index is 12.2. The average Bonchev–Trinajstić information content (AvgIpc) is 3.06. The minimum Gasteiger partial charge on any atom is -0.439 e. The van der Waals surface area contributed by atoms with Gasteiger partial charge < -0.3 is 9.73 Å². The molecule has 134 valence electrons. The number of carbonyl (C=O) groups is 1. The molecule has 0 fully saturated rings. The van der Waals surface area contributed by atoms with Gasteiger partial charge in [-0.3, -0.25) is 4.79 Å². The van der Waals surface area contributed by atoms with Crippen LogP contribution in [0.1, 0.15) is 21.8 Å². The molecule has 0 atom stereocenters. The largest absolute Gasteiger partial charge is 0.439 e. The second-order valence-corrected chi connectivity index (χ2v) is 6.88. The molecule has 4 nitrogen and oxygen atoms in total. The summed E-state index contributed by atoms with van der Waals surface area (Å²) in [7, 11) is 0. The number of anilines is 1. The molecule has 0 saturated carbocycles. The molecule has 4 rings (SSSR count). The first-order chi connectivity index (χ1) is 13.1. The molecular weight excluding hydrogens is 383 g/mol. The molecular formula is C21H14Cl2N2O2. The van der Waals surface area contributed by atoms with Crippen molar-refractivity contribution in [1.82, 2.24) is 4.98 Å². The number of nitrogens with zero attached hydrogens (tertiary/aromatic N) is 1. The van der Waals surface area contributed by atoms with Gasteiger partial charge in [-0.1, -0.05) is 53.5 Å². The van der Waals surface area contributed by atoms with Gasteiger partial charge in [-0.2, -0.15) is 0 Å². The minimum absolute atomic E-state index is 0.145. The second-order valence-electron chi connectivity index (χ2n) is 6.04. The average molecular weight is 397 g/mol. The molecule has 0 aliphatic rings. The molecule has 1 heterocycles. The van der Waals surface area contributed by atoms with Gasteiger partial charge in [0.15, 0.2) is 11.5 Å². The van der Waals surface area contributed by atoms with E-state index in [-0.39, 0.29) is 5.91 Å². The Morgan fingerprint density at radius 3 is 2.48 bits per heavy atom. The van der Waals surface area contributed by atoms with E-state index in [9.17, 15) is 4.79 Å². The van der Waals surface area contributed by atoms with E-state index >= 15 is 0 Å². The van der Waals surface area contributed by atoms with E-state index in [0.717, 1.165) is 11.3 Å². The smallest absolute Gasteiger partial charge is 0.255 e. The van der Waals surface area contributed by atoms with Crippen molar-refractivity contribution in [3.05, 3.63) is 93.8 Å². The second kappa shape index (κ2) is 7.43. The molecule has 0 radical (unpaired) electrons. The van der Waals surface area contributed by atoms with Crippen LogP contribution >= 0.6 is 23.2 Å². The van der Waals surface area contributed by atoms with Crippen molar-refractivity contribution in [2.24, 2.45) is 0 Å². The fourth-order valence-electron chi connectivity index (χ4n) is 2.75. The molecule has 3 aromatic carbocycles. The Balaban J connectivity index is 1.48. The Labute approximate surface area is 165 Å². The van der Waals surface area contributed by atoms with Gasteiger partial charge in [-0.15, -0.1) is 0 Å². The lowest BCUT2D eigenvalue weighted by atomic mass is 10.1. The van der Waals surface area contributed by atoms with Crippen molar-refractivity contribution in [2.75, 3.05) is 5.32 Å². The molecule has 0 saturated heterocycles. The number of amides is 1. The summed E-state index contributed by atoms with van der Waals surface area (Å²) >= 11 is 12.1. The highest BCUT2D eigenvalue weighted by Gasteiger charge is 2.11. The Bertz CT molecular complexity index is 1110. The zero-order valence-corrected chi connectivity index (χ0v) is 15.6. The molecule has 1 aromatic heterocycles. The molecule has 4 aromatic rings. The van der Waals surface area contributed by atoms with Crippen LogP contribution in [-0.2, 0) is 6.42 Å². The van der Waals surface area contributed by atoms with E-state index in [1.807, 2.05) is 42.5 Å². The third-order valence-corrected chi connectivity index (χ3v) is 4.56. The van der Waals surface area contributed by atoms with Crippen molar-refractivity contribution in [3.8, 4) is 0 Å². The zero-order valence-electron chi connectivity index (χ0n) is 14.1. The van der Waals surface area contributed by atoms with Crippen LogP contribution in [0.3, 0.4) is 0 Å². The molecule has 0 aliphatic heterocycles. The van der Waals surface area contributed by atoms with Crippen molar-refractivity contribution in [2.45, 2.75) is 6.42 Å². The highest BCUT2D eigenvalue weighted by atomic mass is 35.5. The number of nitrogens with one attached hydrogen (secondary N) is 1. The van der Waals surface area contributed by atoms with Crippen molar-refractivity contribution < 1.29 is 9.21 Å². The first-order valence-corrected chi connectivity index (χ1v) is 9.04. The molecule has 0 spiro atoms. The summed E-state index contributed by atoms with van der Waals surface area (Å²) in [5, 5.41) is 3.83. The quantitative estimate of drug-likeness (QED) is 0.461. The van der Waals surface area contributed by atoms with E-state index in [1.165, 1.54) is 0 Å². The zero-order chi connectivity index (χ0) is 18.8. The van der Waals surface area contributed by atoms with Crippen LogP contribution < -0.4 is 5.32 Å². The first-order valence-electron chi connectivity index (χ1n) is 8.28. The summed E-state index contributed by atoms with van der Waals surface area (Å²) in [4.78, 5) is 16.6. The maximum Gasteiger partial charge on any atom is 0.255 e. The van der Waals surface area contributed by atoms with Gasteiger partial charge in [0, 0.05) is 22.7 Å². The summed E-state index contributed by atoms with van der Waals surface area (Å²) in [5.74, 6) is 0.407. The number of hydrogen-bond donors (Lipinski definition) is 1. The van der Waals surface area contributed by atoms with Gasteiger partial charge >= 0.3 is 0 Å². The van der Waals surface area contributed by atoms with Gasteiger partial charge in [-0.25, -0.2) is 4.98 Å². The van der Waals surface area contributed by atoms with Crippen LogP contribution in [0.5, 0.6) is 0 Å². The van der Waals surface area contributed by atoms with Crippen LogP contribution in [0.4, 0.5) is 5.69 Å². The van der Waals surface area contributed by atoms with Crippen molar-refractivity contribution in [1.29, 1.82) is 0 Å². The third kappa shape index (κ3) is 3.97. The number of benzene rings is 3. The first kappa shape index (κ1) is 17.6. The SMILES string of the molecule is O=C(Nc1ccc(Cc2nc3cc(Cl)cc(Cl)c3o2)cc1)c1ccccc1. The number of fused-ring (bicyclic) bond motifs is 1. The van der Waals surface area contributed by atoms with E-state index in [4.69, 9.17) is 27.6 Å². The lowest BCUT2D eigenvalue weighted by Crippen LogP contribution is -2.11. The molecule has 0 unspecified atom stereocenters. The topological polar surface area (TPSA) is 55.1 Å². The van der Waals surface area contributed by atoms with Gasteiger partial charge in [0.2, 0.25) is 0 Å². The number of oxazole rings is 1. The Kier molecular flexibility index (Phi) is 4.84. The summed E-state index contributed by atoms with van der Waals surface area (Å²) in [6.07, 6.45) is 0.509. The van der Waals surface area contributed by atoms with Crippen LogP contribution in [0, 0.1) is 0 Å². The number of halogens is 2. The van der Waals surface area contributed by atoms with E-state index in [2.05, 4.69) is 10.3 Å². The highest BCUT2D eigenvalue weighted by Crippen LogP contribution is 2.29. The van der Waals surface area contributed by atoms with E-state index in [1.54, 1.807) is 24.3 Å². The number of rotatable bonds is 4. The fraction of sp³-hybridized carbons (Fsp3) is 0.0476. The van der Waals surface area contributed by atoms with E-state index < -0.39 is 0 Å². The molecule has 1 amide bonds. The van der Waals surface area contributed by atoms with Crippen LogP contribution in [0.2, 0.25) is 10.0 Å². The summed E-state index contributed by atoms with van der Waals surface area (Å²) < 4.78 is 5.74. The standard InChI is InChI=1S/C21H14Cl2N2O2/c22-15-11-17(23)20-18(12-15)25-19(27-20)10-13-6-8-16(9-7-13)24-21(26)14-4-2-1-3-5-14/h1-9,11-12H,10H2,(H,24,26). The summed E-state index contributed by atoms with van der Waals surface area (Å²) in [6, 6.07) is 20.0. The lowest BCUT2D eigenvalue weighted by molar-refractivity contribution is 0.102. The molecule has 1 N–H and O–H groups in total. The number of aromatic nitrogens is 1. The van der Waals surface area contributed by atoms with Crippen molar-refractivity contribution >= 4 is 45.9 Å². The van der Waals surface area contributed by atoms with Gasteiger partial charge in [0.05, 0.1) is 5.02 Å². The predicted molar refractivity (Wildman–Crippen MR) is 108 cm³/mol. The van der Waals surface area contributed by atoms with Crippen LogP contribution in [-0.4, -0.2) is 10.9 Å². The Hall–Kier alpha value is -2.82.